The second-order valence-electron chi connectivity index (χ2n) is 8.66. The Bertz CT molecular complexity index is 534. The van der Waals surface area contributed by atoms with Crippen molar-refractivity contribution in [2.24, 2.45) is 23.7 Å². The van der Waals surface area contributed by atoms with Gasteiger partial charge >= 0.3 is 0 Å². The second-order valence-corrected chi connectivity index (χ2v) is 8.66. The van der Waals surface area contributed by atoms with Crippen molar-refractivity contribution in [3.63, 3.8) is 0 Å². The summed E-state index contributed by atoms with van der Waals surface area (Å²) in [5, 5.41) is 0. The van der Waals surface area contributed by atoms with Gasteiger partial charge in [0.25, 0.3) is 0 Å². The van der Waals surface area contributed by atoms with E-state index in [4.69, 9.17) is 0 Å². The molecule has 4 aliphatic rings. The van der Waals surface area contributed by atoms with Gasteiger partial charge in [-0.1, -0.05) is 0 Å². The van der Waals surface area contributed by atoms with Crippen LogP contribution in [0.4, 0.5) is 8.78 Å². The summed E-state index contributed by atoms with van der Waals surface area (Å²) >= 11 is 0. The molecule has 1 atom stereocenters. The van der Waals surface area contributed by atoms with Crippen LogP contribution in [0.2, 0.25) is 0 Å². The van der Waals surface area contributed by atoms with E-state index in [0.717, 1.165) is 58.3 Å². The van der Waals surface area contributed by atoms with Crippen LogP contribution in [0.3, 0.4) is 0 Å². The van der Waals surface area contributed by atoms with Gasteiger partial charge in [-0.25, -0.2) is 8.78 Å². The van der Waals surface area contributed by atoms with E-state index in [0.29, 0.717) is 23.7 Å². The molecule has 0 spiro atoms. The monoisotopic (exact) mass is 354 g/mol. The topological polar surface area (TPSA) is 40.6 Å². The van der Waals surface area contributed by atoms with Crippen LogP contribution in [0.25, 0.3) is 0 Å². The van der Waals surface area contributed by atoms with Crippen molar-refractivity contribution in [3.8, 4) is 0 Å². The number of nitrogens with zero attached hydrogens (tertiary/aromatic N) is 2. The summed E-state index contributed by atoms with van der Waals surface area (Å²) in [4.78, 5) is 28.4. The maximum Gasteiger partial charge on any atom is 0.248 e. The fourth-order valence-electron chi connectivity index (χ4n) is 4.88. The molecule has 2 aliphatic heterocycles. The first kappa shape index (κ1) is 17.2. The van der Waals surface area contributed by atoms with Crippen LogP contribution in [0.15, 0.2) is 0 Å². The van der Waals surface area contributed by atoms with Crippen LogP contribution in [-0.4, -0.2) is 53.7 Å². The van der Waals surface area contributed by atoms with Crippen LogP contribution in [0, 0.1) is 23.7 Å². The summed E-state index contributed by atoms with van der Waals surface area (Å²) < 4.78 is 25.8. The molecule has 0 radical (unpaired) electrons. The van der Waals surface area contributed by atoms with Gasteiger partial charge in [0.15, 0.2) is 0 Å². The van der Waals surface area contributed by atoms with E-state index in [9.17, 15) is 18.4 Å². The Hall–Kier alpha value is -1.20. The van der Waals surface area contributed by atoms with E-state index >= 15 is 0 Å². The van der Waals surface area contributed by atoms with Gasteiger partial charge in [-0.15, -0.1) is 0 Å². The zero-order chi connectivity index (χ0) is 17.6. The molecular formula is C19H28F2N2O2. The van der Waals surface area contributed by atoms with Crippen molar-refractivity contribution < 1.29 is 18.4 Å². The minimum absolute atomic E-state index is 0.0596. The summed E-state index contributed by atoms with van der Waals surface area (Å²) in [6.07, 6.45) is 5.27. The van der Waals surface area contributed by atoms with E-state index in [-0.39, 0.29) is 31.1 Å². The molecule has 6 heteroatoms. The number of hydrogen-bond donors (Lipinski definition) is 0. The third-order valence-electron chi connectivity index (χ3n) is 6.66. The van der Waals surface area contributed by atoms with E-state index in [1.165, 1.54) is 0 Å². The minimum Gasteiger partial charge on any atom is -0.342 e. The summed E-state index contributed by atoms with van der Waals surface area (Å²) in [6.45, 7) is 3.28. The normalized spacial score (nSPS) is 30.4. The van der Waals surface area contributed by atoms with E-state index in [2.05, 4.69) is 0 Å². The predicted molar refractivity (Wildman–Crippen MR) is 89.0 cm³/mol. The summed E-state index contributed by atoms with van der Waals surface area (Å²) in [7, 11) is 0. The largest absolute Gasteiger partial charge is 0.342 e. The Balaban J connectivity index is 1.20. The first-order valence-corrected chi connectivity index (χ1v) is 9.86. The molecule has 4 rings (SSSR count). The number of piperidine rings is 1. The molecular weight excluding hydrogens is 326 g/mol. The lowest BCUT2D eigenvalue weighted by Gasteiger charge is -2.36. The smallest absolute Gasteiger partial charge is 0.248 e. The maximum absolute atomic E-state index is 12.9. The van der Waals surface area contributed by atoms with Gasteiger partial charge in [-0.2, -0.15) is 0 Å². The molecule has 0 N–H and O–H groups in total. The van der Waals surface area contributed by atoms with Crippen LogP contribution in [0.1, 0.15) is 51.4 Å². The van der Waals surface area contributed by atoms with Gasteiger partial charge in [-0.3, -0.25) is 9.59 Å². The molecule has 0 aromatic heterocycles. The number of rotatable bonds is 4. The third kappa shape index (κ3) is 3.82. The molecule has 25 heavy (non-hydrogen) atoms. The Kier molecular flexibility index (Phi) is 4.49. The number of carbonyl (C=O) groups excluding carboxylic acids is 2. The van der Waals surface area contributed by atoms with E-state index in [1.54, 1.807) is 0 Å². The van der Waals surface area contributed by atoms with Crippen LogP contribution >= 0.6 is 0 Å². The highest BCUT2D eigenvalue weighted by Crippen LogP contribution is 2.44. The number of carbonyl (C=O) groups is 2. The Morgan fingerprint density at radius 2 is 1.48 bits per heavy atom. The average molecular weight is 354 g/mol. The number of halogens is 2. The highest BCUT2D eigenvalue weighted by Gasteiger charge is 2.46. The molecule has 0 aromatic carbocycles. The van der Waals surface area contributed by atoms with Crippen molar-refractivity contribution in [2.45, 2.75) is 57.3 Å². The number of hydrogen-bond acceptors (Lipinski definition) is 2. The Morgan fingerprint density at radius 1 is 0.880 bits per heavy atom. The zero-order valence-corrected chi connectivity index (χ0v) is 14.8. The van der Waals surface area contributed by atoms with Crippen LogP contribution < -0.4 is 0 Å². The van der Waals surface area contributed by atoms with Gasteiger partial charge in [0.1, 0.15) is 0 Å². The number of alkyl halides is 2. The molecule has 1 unspecified atom stereocenters. The zero-order valence-electron chi connectivity index (χ0n) is 14.8. The lowest BCUT2D eigenvalue weighted by atomic mass is 9.79. The van der Waals surface area contributed by atoms with Gasteiger partial charge in [0.05, 0.1) is 0 Å². The lowest BCUT2D eigenvalue weighted by Crippen LogP contribution is -2.42. The highest BCUT2D eigenvalue weighted by atomic mass is 19.3. The fraction of sp³-hybridized carbons (Fsp3) is 0.895. The molecule has 2 heterocycles. The van der Waals surface area contributed by atoms with Gasteiger partial charge in [-0.05, 0) is 49.9 Å². The van der Waals surface area contributed by atoms with E-state index < -0.39 is 5.92 Å². The molecule has 0 aromatic rings. The standard InChI is InChI=1S/C19H28F2N2O2/c20-19(21)10-13(11-19)9-17(24)23-8-5-16(12-23)14-3-6-22(7-4-14)18(25)15-1-2-15/h13-16H,1-12H2. The average Bonchev–Trinajstić information content (AvgIpc) is 3.29. The van der Waals surface area contributed by atoms with Crippen molar-refractivity contribution in [1.82, 2.24) is 9.80 Å². The third-order valence-corrected chi connectivity index (χ3v) is 6.66. The number of amides is 2. The van der Waals surface area contributed by atoms with E-state index in [1.807, 2.05) is 9.80 Å². The SMILES string of the molecule is O=C(CC1CC(F)(F)C1)N1CCC(C2CCN(C(=O)C3CC3)CC2)C1. The molecule has 4 fully saturated rings. The quantitative estimate of drug-likeness (QED) is 0.779. The fourth-order valence-corrected chi connectivity index (χ4v) is 4.88. The van der Waals surface area contributed by atoms with Crippen molar-refractivity contribution in [2.75, 3.05) is 26.2 Å². The molecule has 140 valence electrons. The van der Waals surface area contributed by atoms with Crippen molar-refractivity contribution >= 4 is 11.8 Å². The lowest BCUT2D eigenvalue weighted by molar-refractivity contribution is -0.141. The molecule has 2 saturated heterocycles. The highest BCUT2D eigenvalue weighted by molar-refractivity contribution is 5.81. The van der Waals surface area contributed by atoms with Crippen LogP contribution in [-0.2, 0) is 9.59 Å². The maximum atomic E-state index is 12.9. The summed E-state index contributed by atoms with van der Waals surface area (Å²) in [5.74, 6) is -0.847. The van der Waals surface area contributed by atoms with Crippen LogP contribution in [0.5, 0.6) is 0 Å². The summed E-state index contributed by atoms with van der Waals surface area (Å²) in [6, 6.07) is 0. The van der Waals surface area contributed by atoms with Gasteiger partial charge in [0.2, 0.25) is 17.7 Å². The predicted octanol–water partition coefficient (Wildman–Crippen LogP) is 2.92. The first-order chi connectivity index (χ1) is 11.9. The number of likely N-dealkylation sites (tertiary alicyclic amines) is 2. The van der Waals surface area contributed by atoms with Gasteiger partial charge in [0, 0.05) is 51.4 Å². The molecule has 0 bridgehead atoms. The van der Waals surface area contributed by atoms with Crippen molar-refractivity contribution in [1.29, 1.82) is 0 Å². The summed E-state index contributed by atoms with van der Waals surface area (Å²) in [5.41, 5.74) is 0. The minimum atomic E-state index is -2.54. The first-order valence-electron chi connectivity index (χ1n) is 9.86. The van der Waals surface area contributed by atoms with Gasteiger partial charge < -0.3 is 9.80 Å². The molecule has 2 aliphatic carbocycles. The van der Waals surface area contributed by atoms with Crippen molar-refractivity contribution in [3.05, 3.63) is 0 Å². The Labute approximate surface area is 147 Å². The molecule has 2 saturated carbocycles. The molecule has 2 amide bonds. The molecule has 4 nitrogen and oxygen atoms in total. The second kappa shape index (κ2) is 6.51. The Morgan fingerprint density at radius 3 is 2.08 bits per heavy atom.